The summed E-state index contributed by atoms with van der Waals surface area (Å²) in [5.74, 6) is 0.00839. The Morgan fingerprint density at radius 3 is 2.92 bits per heavy atom. The molecular formula is C18H24BrN3O3. The molecule has 7 heteroatoms. The zero-order valence-corrected chi connectivity index (χ0v) is 15.9. The van der Waals surface area contributed by atoms with Crippen LogP contribution in [0.3, 0.4) is 0 Å². The molecule has 3 unspecified atom stereocenters. The molecule has 3 atom stereocenters. The average molecular weight is 410 g/mol. The van der Waals surface area contributed by atoms with Crippen molar-refractivity contribution in [2.24, 2.45) is 5.92 Å². The van der Waals surface area contributed by atoms with Crippen molar-refractivity contribution in [3.8, 4) is 0 Å². The molecule has 2 amide bonds. The molecule has 1 aliphatic carbocycles. The number of piperidine rings is 1. The number of nitrogens with one attached hydrogen (secondary N) is 1. The monoisotopic (exact) mass is 409 g/mol. The molecule has 2 fully saturated rings. The first kappa shape index (κ1) is 18.0. The number of likely N-dealkylation sites (tertiary alicyclic amines) is 1. The molecule has 2 aliphatic rings. The lowest BCUT2D eigenvalue weighted by Crippen LogP contribution is -2.51. The molecule has 1 aromatic rings. The predicted molar refractivity (Wildman–Crippen MR) is 100 cm³/mol. The van der Waals surface area contributed by atoms with Gasteiger partial charge >= 0.3 is 6.09 Å². The molecule has 6 nitrogen and oxygen atoms in total. The van der Waals surface area contributed by atoms with Gasteiger partial charge in [0.1, 0.15) is 6.04 Å². The predicted octanol–water partition coefficient (Wildman–Crippen LogP) is 3.76. The number of fused-ring (bicyclic) bond motifs is 2. The number of amides is 2. The number of ether oxygens (including phenoxy) is 1. The van der Waals surface area contributed by atoms with E-state index in [4.69, 9.17) is 10.5 Å². The van der Waals surface area contributed by atoms with Crippen LogP contribution in [-0.2, 0) is 9.53 Å². The van der Waals surface area contributed by atoms with Crippen molar-refractivity contribution in [1.82, 2.24) is 4.90 Å². The van der Waals surface area contributed by atoms with Crippen LogP contribution in [-0.4, -0.2) is 35.6 Å². The maximum atomic E-state index is 12.9. The number of benzene rings is 1. The van der Waals surface area contributed by atoms with Crippen molar-refractivity contribution in [3.05, 3.63) is 22.7 Å². The number of hydrogen-bond donors (Lipinski definition) is 2. The van der Waals surface area contributed by atoms with Crippen LogP contribution in [0, 0.1) is 5.92 Å². The molecule has 3 rings (SSSR count). The molecule has 1 saturated heterocycles. The average Bonchev–Trinajstić information content (AvgIpc) is 3.18. The SMILES string of the molecule is CCCCOC(=O)N1C2CCC(C2)C1C(=O)Nc1ccc(Br)cc1N. The highest BCUT2D eigenvalue weighted by Gasteiger charge is 2.52. The molecule has 0 radical (unpaired) electrons. The molecule has 25 heavy (non-hydrogen) atoms. The van der Waals surface area contributed by atoms with Crippen LogP contribution < -0.4 is 11.1 Å². The number of carbonyl (C=O) groups excluding carboxylic acids is 2. The number of rotatable bonds is 5. The van der Waals surface area contributed by atoms with E-state index in [1.165, 1.54) is 0 Å². The number of anilines is 2. The minimum Gasteiger partial charge on any atom is -0.449 e. The third kappa shape index (κ3) is 3.76. The van der Waals surface area contributed by atoms with E-state index >= 15 is 0 Å². The Kier molecular flexibility index (Phi) is 5.51. The summed E-state index contributed by atoms with van der Waals surface area (Å²) >= 11 is 3.35. The van der Waals surface area contributed by atoms with Crippen LogP contribution in [0.2, 0.25) is 0 Å². The quantitative estimate of drug-likeness (QED) is 0.572. The Bertz CT molecular complexity index is 667. The van der Waals surface area contributed by atoms with E-state index in [2.05, 4.69) is 21.2 Å². The zero-order valence-electron chi connectivity index (χ0n) is 14.3. The fourth-order valence-electron chi connectivity index (χ4n) is 3.82. The van der Waals surface area contributed by atoms with Gasteiger partial charge in [0.25, 0.3) is 0 Å². The number of halogens is 1. The fourth-order valence-corrected chi connectivity index (χ4v) is 4.20. The fraction of sp³-hybridized carbons (Fsp3) is 0.556. The second-order valence-electron chi connectivity index (χ2n) is 6.77. The number of nitrogens with two attached hydrogens (primary N) is 1. The Hall–Kier alpha value is -1.76. The molecule has 1 aliphatic heterocycles. The van der Waals surface area contributed by atoms with Crippen LogP contribution in [0.5, 0.6) is 0 Å². The van der Waals surface area contributed by atoms with Crippen molar-refractivity contribution in [3.63, 3.8) is 0 Å². The molecule has 1 saturated carbocycles. The summed E-state index contributed by atoms with van der Waals surface area (Å²) in [4.78, 5) is 27.0. The minimum absolute atomic E-state index is 0.108. The van der Waals surface area contributed by atoms with Crippen molar-refractivity contribution >= 4 is 39.3 Å². The molecule has 2 bridgehead atoms. The van der Waals surface area contributed by atoms with Gasteiger partial charge in [-0.2, -0.15) is 0 Å². The van der Waals surface area contributed by atoms with Crippen LogP contribution in [0.25, 0.3) is 0 Å². The van der Waals surface area contributed by atoms with Gasteiger partial charge in [-0.1, -0.05) is 29.3 Å². The molecule has 3 N–H and O–H groups in total. The number of nitrogen functional groups attached to an aromatic ring is 1. The van der Waals surface area contributed by atoms with Gasteiger partial charge in [0.05, 0.1) is 18.0 Å². The van der Waals surface area contributed by atoms with E-state index in [0.717, 1.165) is 36.6 Å². The van der Waals surface area contributed by atoms with E-state index in [0.29, 0.717) is 18.0 Å². The van der Waals surface area contributed by atoms with Crippen LogP contribution in [0.4, 0.5) is 16.2 Å². The smallest absolute Gasteiger partial charge is 0.410 e. The number of carbonyl (C=O) groups is 2. The maximum absolute atomic E-state index is 12.9. The highest BCUT2D eigenvalue weighted by molar-refractivity contribution is 9.10. The van der Waals surface area contributed by atoms with E-state index in [1.54, 1.807) is 17.0 Å². The third-order valence-electron chi connectivity index (χ3n) is 5.06. The summed E-state index contributed by atoms with van der Waals surface area (Å²) in [6.07, 6.45) is 4.21. The lowest BCUT2D eigenvalue weighted by atomic mass is 9.98. The second kappa shape index (κ2) is 7.64. The number of unbranched alkanes of at least 4 members (excludes halogenated alkanes) is 1. The van der Waals surface area contributed by atoms with Crippen LogP contribution in [0.1, 0.15) is 39.0 Å². The Labute approximate surface area is 156 Å². The second-order valence-corrected chi connectivity index (χ2v) is 7.68. The van der Waals surface area contributed by atoms with Gasteiger partial charge in [-0.3, -0.25) is 9.69 Å². The summed E-state index contributed by atoms with van der Waals surface area (Å²) in [5.41, 5.74) is 7.02. The van der Waals surface area contributed by atoms with Crippen molar-refractivity contribution in [1.29, 1.82) is 0 Å². The highest BCUT2D eigenvalue weighted by atomic mass is 79.9. The molecule has 1 heterocycles. The van der Waals surface area contributed by atoms with Crippen LogP contribution >= 0.6 is 15.9 Å². The number of hydrogen-bond acceptors (Lipinski definition) is 4. The Morgan fingerprint density at radius 1 is 1.40 bits per heavy atom. The van der Waals surface area contributed by atoms with E-state index in [1.807, 2.05) is 13.0 Å². The lowest BCUT2D eigenvalue weighted by Gasteiger charge is -2.33. The molecule has 1 aromatic carbocycles. The molecule has 0 aromatic heterocycles. The van der Waals surface area contributed by atoms with E-state index in [9.17, 15) is 9.59 Å². The van der Waals surface area contributed by atoms with Crippen molar-refractivity contribution in [2.45, 2.75) is 51.1 Å². The maximum Gasteiger partial charge on any atom is 0.410 e. The Morgan fingerprint density at radius 2 is 2.20 bits per heavy atom. The normalized spacial score (nSPS) is 24.4. The van der Waals surface area contributed by atoms with Crippen LogP contribution in [0.15, 0.2) is 22.7 Å². The zero-order chi connectivity index (χ0) is 18.0. The first-order chi connectivity index (χ1) is 12.0. The van der Waals surface area contributed by atoms with Crippen molar-refractivity contribution < 1.29 is 14.3 Å². The standard InChI is InChI=1S/C18H24BrN3O3/c1-2-3-8-25-18(24)22-13-6-4-11(9-13)16(22)17(23)21-15-7-5-12(19)10-14(15)20/h5,7,10-11,13,16H,2-4,6,8-9,20H2,1H3,(H,21,23). The van der Waals surface area contributed by atoms with Gasteiger partial charge in [-0.15, -0.1) is 0 Å². The van der Waals surface area contributed by atoms with E-state index < -0.39 is 6.04 Å². The van der Waals surface area contributed by atoms with Crippen molar-refractivity contribution in [2.75, 3.05) is 17.7 Å². The topological polar surface area (TPSA) is 84.7 Å². The first-order valence-corrected chi connectivity index (χ1v) is 9.61. The summed E-state index contributed by atoms with van der Waals surface area (Å²) in [6, 6.07) is 4.96. The molecule has 0 spiro atoms. The largest absolute Gasteiger partial charge is 0.449 e. The summed E-state index contributed by atoms with van der Waals surface area (Å²) < 4.78 is 6.22. The van der Waals surface area contributed by atoms with Gasteiger partial charge < -0.3 is 15.8 Å². The molecular weight excluding hydrogens is 386 g/mol. The molecule has 136 valence electrons. The third-order valence-corrected chi connectivity index (χ3v) is 5.55. The summed E-state index contributed by atoms with van der Waals surface area (Å²) in [7, 11) is 0. The Balaban J connectivity index is 1.72. The lowest BCUT2D eigenvalue weighted by molar-refractivity contribution is -0.122. The minimum atomic E-state index is -0.476. The summed E-state index contributed by atoms with van der Waals surface area (Å²) in [6.45, 7) is 2.45. The highest BCUT2D eigenvalue weighted by Crippen LogP contribution is 2.43. The van der Waals surface area contributed by atoms with Gasteiger partial charge in [0, 0.05) is 10.5 Å². The van der Waals surface area contributed by atoms with Gasteiger partial charge in [0.15, 0.2) is 0 Å². The first-order valence-electron chi connectivity index (χ1n) is 8.82. The van der Waals surface area contributed by atoms with E-state index in [-0.39, 0.29) is 24.0 Å². The van der Waals surface area contributed by atoms with Gasteiger partial charge in [-0.05, 0) is 49.8 Å². The number of nitrogens with zero attached hydrogens (tertiary/aromatic N) is 1. The van der Waals surface area contributed by atoms with Gasteiger partial charge in [0.2, 0.25) is 5.91 Å². The summed E-state index contributed by atoms with van der Waals surface area (Å²) in [5, 5.41) is 2.88. The van der Waals surface area contributed by atoms with Gasteiger partial charge in [-0.25, -0.2) is 4.79 Å².